The lowest BCUT2D eigenvalue weighted by Gasteiger charge is -2.02. The Balaban J connectivity index is 2.40. The van der Waals surface area contributed by atoms with Crippen molar-refractivity contribution >= 4 is 17.2 Å². The zero-order valence-electron chi connectivity index (χ0n) is 9.10. The topological polar surface area (TPSA) is 73.9 Å². The number of nitrogens with zero attached hydrogens (tertiary/aromatic N) is 3. The molecule has 0 atom stereocenters. The lowest BCUT2D eigenvalue weighted by molar-refractivity contribution is 0.181. The fraction of sp³-hybridized carbons (Fsp3) is 0.300. The van der Waals surface area contributed by atoms with Crippen LogP contribution >= 0.6 is 11.3 Å². The van der Waals surface area contributed by atoms with Crippen molar-refractivity contribution in [2.24, 2.45) is 0 Å². The number of rotatable bonds is 3. The average Bonchev–Trinajstić information content (AvgIpc) is 2.64. The third-order valence-electron chi connectivity index (χ3n) is 1.90. The first-order valence-electron chi connectivity index (χ1n) is 4.74. The molecular formula is C10H12N4OS. The summed E-state index contributed by atoms with van der Waals surface area (Å²) in [5.74, 6) is 0.995. The van der Waals surface area contributed by atoms with E-state index < -0.39 is 0 Å². The molecule has 0 unspecified atom stereocenters. The van der Waals surface area contributed by atoms with Crippen LogP contribution < -0.4 is 5.73 Å². The van der Waals surface area contributed by atoms with E-state index in [4.69, 9.17) is 10.5 Å². The standard InChI is InChI=1S/C10H12N4OS/c1-6-5-16-10(12-6)9-13-7(4-15-2)3-8(11)14-9/h3,5H,4H2,1-2H3,(H2,11,13,14). The van der Waals surface area contributed by atoms with Crippen molar-refractivity contribution in [3.05, 3.63) is 22.8 Å². The number of ether oxygens (including phenoxy) is 1. The lowest BCUT2D eigenvalue weighted by atomic mass is 10.4. The Hall–Kier alpha value is -1.53. The van der Waals surface area contributed by atoms with Crippen molar-refractivity contribution in [1.82, 2.24) is 15.0 Å². The molecule has 0 spiro atoms. The second-order valence-corrected chi connectivity index (χ2v) is 4.19. The third-order valence-corrected chi connectivity index (χ3v) is 2.86. The Morgan fingerprint density at radius 2 is 2.19 bits per heavy atom. The molecule has 0 saturated heterocycles. The number of anilines is 1. The molecule has 0 radical (unpaired) electrons. The van der Waals surface area contributed by atoms with E-state index in [2.05, 4.69) is 15.0 Å². The first-order valence-corrected chi connectivity index (χ1v) is 5.62. The molecule has 0 aliphatic rings. The Kier molecular flexibility index (Phi) is 3.12. The predicted octanol–water partition coefficient (Wildman–Crippen LogP) is 1.64. The summed E-state index contributed by atoms with van der Waals surface area (Å²) in [6, 6.07) is 1.70. The van der Waals surface area contributed by atoms with E-state index in [1.807, 2.05) is 12.3 Å². The summed E-state index contributed by atoms with van der Waals surface area (Å²) in [5, 5.41) is 2.74. The predicted molar refractivity (Wildman–Crippen MR) is 63.0 cm³/mol. The fourth-order valence-electron chi connectivity index (χ4n) is 1.29. The first kappa shape index (κ1) is 11.0. The highest BCUT2D eigenvalue weighted by Crippen LogP contribution is 2.21. The van der Waals surface area contributed by atoms with Crippen LogP contribution in [0.25, 0.3) is 10.8 Å². The van der Waals surface area contributed by atoms with Crippen LogP contribution in [0.15, 0.2) is 11.4 Å². The molecule has 2 rings (SSSR count). The fourth-order valence-corrected chi connectivity index (χ4v) is 2.02. The van der Waals surface area contributed by atoms with Gasteiger partial charge in [-0.15, -0.1) is 11.3 Å². The van der Waals surface area contributed by atoms with E-state index in [0.29, 0.717) is 18.2 Å². The SMILES string of the molecule is COCc1cc(N)nc(-c2nc(C)cs2)n1. The number of hydrogen-bond acceptors (Lipinski definition) is 6. The molecule has 0 aliphatic heterocycles. The first-order chi connectivity index (χ1) is 7.69. The van der Waals surface area contributed by atoms with Gasteiger partial charge in [-0.25, -0.2) is 15.0 Å². The minimum Gasteiger partial charge on any atom is -0.384 e. The van der Waals surface area contributed by atoms with Crippen molar-refractivity contribution in [2.75, 3.05) is 12.8 Å². The highest BCUT2D eigenvalue weighted by Gasteiger charge is 2.08. The Morgan fingerprint density at radius 3 is 2.81 bits per heavy atom. The van der Waals surface area contributed by atoms with E-state index in [-0.39, 0.29) is 0 Å². The normalized spacial score (nSPS) is 10.6. The molecular weight excluding hydrogens is 224 g/mol. The van der Waals surface area contributed by atoms with Gasteiger partial charge in [-0.05, 0) is 6.92 Å². The molecule has 2 aromatic heterocycles. The van der Waals surface area contributed by atoms with Gasteiger partial charge in [-0.1, -0.05) is 0 Å². The minimum atomic E-state index is 0.421. The zero-order chi connectivity index (χ0) is 11.5. The molecule has 2 aromatic rings. The molecule has 0 amide bonds. The molecule has 0 aliphatic carbocycles. The van der Waals surface area contributed by atoms with Crippen LogP contribution in [-0.4, -0.2) is 22.1 Å². The lowest BCUT2D eigenvalue weighted by Crippen LogP contribution is -2.01. The van der Waals surface area contributed by atoms with E-state index in [9.17, 15) is 0 Å². The minimum absolute atomic E-state index is 0.421. The number of aryl methyl sites for hydroxylation is 1. The maximum atomic E-state index is 5.70. The van der Waals surface area contributed by atoms with Crippen LogP contribution in [0.4, 0.5) is 5.82 Å². The highest BCUT2D eigenvalue weighted by atomic mass is 32.1. The summed E-state index contributed by atoms with van der Waals surface area (Å²) in [4.78, 5) is 12.8. The number of nitrogens with two attached hydrogens (primary N) is 1. The van der Waals surface area contributed by atoms with Gasteiger partial charge in [-0.3, -0.25) is 0 Å². The van der Waals surface area contributed by atoms with Crippen LogP contribution in [-0.2, 0) is 11.3 Å². The second-order valence-electron chi connectivity index (χ2n) is 3.33. The molecule has 6 heteroatoms. The van der Waals surface area contributed by atoms with Gasteiger partial charge in [0, 0.05) is 24.3 Å². The summed E-state index contributed by atoms with van der Waals surface area (Å²) in [5.41, 5.74) is 7.42. The summed E-state index contributed by atoms with van der Waals surface area (Å²) in [7, 11) is 1.62. The molecule has 0 aromatic carbocycles. The van der Waals surface area contributed by atoms with Gasteiger partial charge < -0.3 is 10.5 Å². The van der Waals surface area contributed by atoms with E-state index in [1.54, 1.807) is 13.2 Å². The number of methoxy groups -OCH3 is 1. The van der Waals surface area contributed by atoms with Crippen LogP contribution in [0.5, 0.6) is 0 Å². The number of aromatic nitrogens is 3. The van der Waals surface area contributed by atoms with Gasteiger partial charge in [0.05, 0.1) is 12.3 Å². The smallest absolute Gasteiger partial charge is 0.191 e. The quantitative estimate of drug-likeness (QED) is 0.876. The average molecular weight is 236 g/mol. The summed E-state index contributed by atoms with van der Waals surface area (Å²) in [6.07, 6.45) is 0. The summed E-state index contributed by atoms with van der Waals surface area (Å²) >= 11 is 1.51. The molecule has 0 bridgehead atoms. The maximum absolute atomic E-state index is 5.70. The van der Waals surface area contributed by atoms with Crippen molar-refractivity contribution in [3.8, 4) is 10.8 Å². The Bertz CT molecular complexity index is 497. The number of thiazole rings is 1. The molecule has 2 heterocycles. The largest absolute Gasteiger partial charge is 0.384 e. The molecule has 0 saturated carbocycles. The van der Waals surface area contributed by atoms with Crippen LogP contribution in [0.2, 0.25) is 0 Å². The molecule has 16 heavy (non-hydrogen) atoms. The molecule has 84 valence electrons. The number of nitrogen functional groups attached to an aromatic ring is 1. The van der Waals surface area contributed by atoms with Crippen LogP contribution in [0.1, 0.15) is 11.4 Å². The zero-order valence-corrected chi connectivity index (χ0v) is 9.91. The monoisotopic (exact) mass is 236 g/mol. The van der Waals surface area contributed by atoms with Gasteiger partial charge in [0.25, 0.3) is 0 Å². The maximum Gasteiger partial charge on any atom is 0.191 e. The Morgan fingerprint density at radius 1 is 1.38 bits per heavy atom. The highest BCUT2D eigenvalue weighted by molar-refractivity contribution is 7.13. The van der Waals surface area contributed by atoms with E-state index in [0.717, 1.165) is 16.4 Å². The van der Waals surface area contributed by atoms with Crippen molar-refractivity contribution in [1.29, 1.82) is 0 Å². The van der Waals surface area contributed by atoms with E-state index in [1.165, 1.54) is 11.3 Å². The van der Waals surface area contributed by atoms with Gasteiger partial charge in [0.1, 0.15) is 5.82 Å². The second kappa shape index (κ2) is 4.54. The molecule has 0 fully saturated rings. The molecule has 5 nitrogen and oxygen atoms in total. The van der Waals surface area contributed by atoms with Crippen LogP contribution in [0.3, 0.4) is 0 Å². The van der Waals surface area contributed by atoms with E-state index >= 15 is 0 Å². The Labute approximate surface area is 97.3 Å². The van der Waals surface area contributed by atoms with Crippen molar-refractivity contribution in [2.45, 2.75) is 13.5 Å². The van der Waals surface area contributed by atoms with Crippen molar-refractivity contribution < 1.29 is 4.74 Å². The van der Waals surface area contributed by atoms with Gasteiger partial charge in [0.15, 0.2) is 10.8 Å². The van der Waals surface area contributed by atoms with Crippen LogP contribution in [0, 0.1) is 6.92 Å². The van der Waals surface area contributed by atoms with Gasteiger partial charge in [0.2, 0.25) is 0 Å². The van der Waals surface area contributed by atoms with Crippen molar-refractivity contribution in [3.63, 3.8) is 0 Å². The summed E-state index contributed by atoms with van der Waals surface area (Å²) < 4.78 is 5.02. The third kappa shape index (κ3) is 2.34. The molecule has 2 N–H and O–H groups in total. The van der Waals surface area contributed by atoms with Gasteiger partial charge >= 0.3 is 0 Å². The van der Waals surface area contributed by atoms with Gasteiger partial charge in [-0.2, -0.15) is 0 Å². The summed E-state index contributed by atoms with van der Waals surface area (Å²) in [6.45, 7) is 2.35. The number of hydrogen-bond donors (Lipinski definition) is 1.